The topological polar surface area (TPSA) is 167 Å². The summed E-state index contributed by atoms with van der Waals surface area (Å²) in [5, 5.41) is 26.6. The summed E-state index contributed by atoms with van der Waals surface area (Å²) >= 11 is 0. The van der Waals surface area contributed by atoms with Crippen LogP contribution in [0, 0.1) is 41.5 Å². The summed E-state index contributed by atoms with van der Waals surface area (Å²) in [5.74, 6) is 0.380. The molecule has 0 saturated carbocycles. The molecule has 69 heavy (non-hydrogen) atoms. The largest absolute Gasteiger partial charge is 0.508 e. The molecule has 2 fully saturated rings. The molecule has 0 spiro atoms. The second kappa shape index (κ2) is 31.2. The Kier molecular flexibility index (Phi) is 25.6. The number of phenolic OH excluding ortho intramolecular Hbond substituents is 1. The van der Waals surface area contributed by atoms with Crippen LogP contribution in [0.15, 0.2) is 148 Å². The Labute approximate surface area is 408 Å². The second-order valence-corrected chi connectivity index (χ2v) is 15.1. The molecule has 360 valence electrons. The van der Waals surface area contributed by atoms with E-state index in [1.165, 1.54) is 11.1 Å². The molecule has 0 aliphatic carbocycles. The standard InChI is InChI=1S/C25H25BN2O4.C15H16N2O.C9H11BO2.2C2H6.CO2/c1-17-5-11-22(12-6-17)27-28-23-13-14-24(19(3)18(23)2)32-25(29)20-7-9-21(10-8-20)26-30-15-4-16-31-26;1-10-4-6-13(7-5-10)16-17-14-8-9-15(18)12(3)11(14)2;1-2-5-9(6-3-1)10-11-7-4-8-12-10;2*1-2;2-1-3/h5-14H,4,15-16H2,1-3H3;4-9,18H,1-3H3;1-3,5-6H,4,7-8H2;2*1-2H3;. The van der Waals surface area contributed by atoms with Gasteiger partial charge >= 0.3 is 26.4 Å². The van der Waals surface area contributed by atoms with E-state index in [-0.39, 0.29) is 20.4 Å². The molecule has 0 aromatic heterocycles. The molecule has 2 aliphatic rings. The van der Waals surface area contributed by atoms with Gasteiger partial charge in [-0.25, -0.2) is 4.79 Å². The van der Waals surface area contributed by atoms with E-state index >= 15 is 0 Å². The van der Waals surface area contributed by atoms with Crippen molar-refractivity contribution in [3.8, 4) is 11.5 Å². The third kappa shape index (κ3) is 18.6. The van der Waals surface area contributed by atoms with Crippen LogP contribution in [0.2, 0.25) is 0 Å². The van der Waals surface area contributed by atoms with E-state index in [0.29, 0.717) is 30.3 Å². The minimum Gasteiger partial charge on any atom is -0.508 e. The molecule has 0 unspecified atom stereocenters. The number of hydrogen-bond donors (Lipinski definition) is 1. The summed E-state index contributed by atoms with van der Waals surface area (Å²) in [6, 6.07) is 39.8. The van der Waals surface area contributed by atoms with E-state index in [1.54, 1.807) is 30.3 Å². The van der Waals surface area contributed by atoms with Gasteiger partial charge in [0.15, 0.2) is 0 Å². The number of aryl methyl sites for hydroxylation is 2. The first-order valence-electron chi connectivity index (χ1n) is 23.2. The number of nitrogens with zero attached hydrogens (tertiary/aromatic N) is 4. The molecule has 0 radical (unpaired) electrons. The van der Waals surface area contributed by atoms with Gasteiger partial charge in [-0.15, -0.1) is 0 Å². The number of phenols is 1. The fourth-order valence-corrected chi connectivity index (χ4v) is 6.25. The second-order valence-electron chi connectivity index (χ2n) is 15.1. The Morgan fingerprint density at radius 3 is 1.36 bits per heavy atom. The quantitative estimate of drug-likeness (QED) is 0.0676. The van der Waals surface area contributed by atoms with Crippen LogP contribution >= 0.6 is 0 Å². The first kappa shape index (κ1) is 56.5. The Morgan fingerprint density at radius 1 is 0.507 bits per heavy atom. The molecule has 0 bridgehead atoms. The lowest BCUT2D eigenvalue weighted by atomic mass is 9.78. The van der Waals surface area contributed by atoms with Gasteiger partial charge in [0.2, 0.25) is 0 Å². The third-order valence-corrected chi connectivity index (χ3v) is 10.4. The van der Waals surface area contributed by atoms with E-state index in [0.717, 1.165) is 82.0 Å². The first-order chi connectivity index (χ1) is 33.5. The summed E-state index contributed by atoms with van der Waals surface area (Å²) in [6.45, 7) is 22.7. The lowest BCUT2D eigenvalue weighted by molar-refractivity contribution is -0.191. The van der Waals surface area contributed by atoms with Crippen LogP contribution in [-0.2, 0) is 28.2 Å². The molecular weight excluding hydrogens is 870 g/mol. The molecule has 6 aromatic carbocycles. The van der Waals surface area contributed by atoms with Crippen molar-refractivity contribution in [2.24, 2.45) is 20.5 Å². The zero-order valence-electron chi connectivity index (χ0n) is 41.5. The molecule has 2 heterocycles. The number of carbonyl (C=O) groups excluding carboxylic acids is 3. The van der Waals surface area contributed by atoms with Crippen LogP contribution in [0.5, 0.6) is 11.5 Å². The molecule has 1 N–H and O–H groups in total. The molecule has 13 nitrogen and oxygen atoms in total. The van der Waals surface area contributed by atoms with Gasteiger partial charge in [0, 0.05) is 26.4 Å². The number of benzene rings is 6. The van der Waals surface area contributed by atoms with E-state index < -0.39 is 5.97 Å². The molecular formula is C54H64B2N4O9. The highest BCUT2D eigenvalue weighted by Gasteiger charge is 2.25. The molecule has 15 heteroatoms. The van der Waals surface area contributed by atoms with Crippen molar-refractivity contribution in [3.05, 3.63) is 166 Å². The monoisotopic (exact) mass is 934 g/mol. The Balaban J connectivity index is 0.000000285. The van der Waals surface area contributed by atoms with Crippen molar-refractivity contribution >= 4 is 60.0 Å². The van der Waals surface area contributed by atoms with Crippen molar-refractivity contribution in [3.63, 3.8) is 0 Å². The average Bonchev–Trinajstić information content (AvgIpc) is 3.40. The first-order valence-corrected chi connectivity index (χ1v) is 23.2. The highest BCUT2D eigenvalue weighted by atomic mass is 16.6. The molecule has 8 rings (SSSR count). The van der Waals surface area contributed by atoms with Gasteiger partial charge in [0.1, 0.15) is 11.5 Å². The summed E-state index contributed by atoms with van der Waals surface area (Å²) in [6.07, 6.45) is 2.15. The predicted octanol–water partition coefficient (Wildman–Crippen LogP) is 12.4. The van der Waals surface area contributed by atoms with E-state index in [4.69, 9.17) is 32.9 Å². The van der Waals surface area contributed by atoms with Crippen LogP contribution in [0.4, 0.5) is 22.7 Å². The number of rotatable bonds is 8. The van der Waals surface area contributed by atoms with Crippen molar-refractivity contribution in [1.82, 2.24) is 0 Å². The zero-order valence-corrected chi connectivity index (χ0v) is 41.5. The Bertz CT molecular complexity index is 2540. The normalized spacial score (nSPS) is 12.8. The number of azo groups is 2. The highest BCUT2D eigenvalue weighted by Crippen LogP contribution is 2.32. The number of aromatic hydroxyl groups is 1. The van der Waals surface area contributed by atoms with E-state index in [2.05, 4.69) is 20.5 Å². The number of ether oxygens (including phenoxy) is 1. The number of esters is 1. The van der Waals surface area contributed by atoms with Crippen LogP contribution in [0.3, 0.4) is 0 Å². The molecule has 2 saturated heterocycles. The smallest absolute Gasteiger partial charge is 0.493 e. The fourth-order valence-electron chi connectivity index (χ4n) is 6.25. The Morgan fingerprint density at radius 2 is 0.913 bits per heavy atom. The van der Waals surface area contributed by atoms with Gasteiger partial charge in [-0.2, -0.15) is 30.0 Å². The molecule has 2 aliphatic heterocycles. The minimum atomic E-state index is -0.418. The lowest BCUT2D eigenvalue weighted by Gasteiger charge is -2.19. The third-order valence-electron chi connectivity index (χ3n) is 10.4. The number of hydrogen-bond acceptors (Lipinski definition) is 13. The zero-order chi connectivity index (χ0) is 50.6. The van der Waals surface area contributed by atoms with Gasteiger partial charge in [-0.3, -0.25) is 0 Å². The predicted molar refractivity (Wildman–Crippen MR) is 274 cm³/mol. The van der Waals surface area contributed by atoms with Gasteiger partial charge in [-0.05, 0) is 148 Å². The van der Waals surface area contributed by atoms with Gasteiger partial charge in [0.05, 0.1) is 28.3 Å². The fraction of sp³-hybridized carbons (Fsp3) is 0.296. The van der Waals surface area contributed by atoms with Crippen molar-refractivity contribution in [2.75, 3.05) is 26.4 Å². The summed E-state index contributed by atoms with van der Waals surface area (Å²) in [7, 11) is -0.514. The molecule has 0 atom stereocenters. The van der Waals surface area contributed by atoms with Gasteiger partial charge in [-0.1, -0.05) is 106 Å². The average molecular weight is 935 g/mol. The van der Waals surface area contributed by atoms with Crippen LogP contribution in [0.1, 0.15) is 84.3 Å². The highest BCUT2D eigenvalue weighted by molar-refractivity contribution is 6.61. The maximum Gasteiger partial charge on any atom is 0.493 e. The van der Waals surface area contributed by atoms with Crippen molar-refractivity contribution in [2.45, 2.75) is 82.1 Å². The van der Waals surface area contributed by atoms with Crippen LogP contribution in [-0.4, -0.2) is 57.9 Å². The van der Waals surface area contributed by atoms with Crippen LogP contribution < -0.4 is 15.7 Å². The lowest BCUT2D eigenvalue weighted by Crippen LogP contribution is -2.40. The summed E-state index contributed by atoms with van der Waals surface area (Å²) < 4.78 is 27.7. The SMILES string of the molecule is CC.CC.Cc1ccc(N=Nc2ccc(O)c(C)c2C)cc1.Cc1ccc(N=Nc2ccc(OC(=O)c3ccc(B4OCCCO4)cc3)c(C)c2C)cc1.O=C=O.c1ccc(B2OCCCO2)cc1. The maximum atomic E-state index is 12.7. The van der Waals surface area contributed by atoms with Crippen LogP contribution in [0.25, 0.3) is 0 Å². The summed E-state index contributed by atoms with van der Waals surface area (Å²) in [5.41, 5.74) is 11.5. The Hall–Kier alpha value is -6.86. The van der Waals surface area contributed by atoms with E-state index in [9.17, 15) is 9.90 Å². The van der Waals surface area contributed by atoms with Crippen molar-refractivity contribution in [1.29, 1.82) is 0 Å². The molecule has 6 aromatic rings. The number of carbonyl (C=O) groups is 1. The summed E-state index contributed by atoms with van der Waals surface area (Å²) in [4.78, 5) is 28.9. The minimum absolute atomic E-state index is 0.139. The van der Waals surface area contributed by atoms with E-state index in [1.807, 2.05) is 166 Å². The molecule has 0 amide bonds. The van der Waals surface area contributed by atoms with Gasteiger partial charge in [0.25, 0.3) is 0 Å². The van der Waals surface area contributed by atoms with Crippen molar-refractivity contribution < 1.29 is 42.8 Å². The van der Waals surface area contributed by atoms with Gasteiger partial charge < -0.3 is 28.5 Å². The maximum absolute atomic E-state index is 12.7.